The first-order chi connectivity index (χ1) is 14.3. The molecule has 30 heavy (non-hydrogen) atoms. The molecule has 0 aliphatic carbocycles. The summed E-state index contributed by atoms with van der Waals surface area (Å²) in [5.41, 5.74) is 8.19. The lowest BCUT2D eigenvalue weighted by molar-refractivity contribution is -0.158. The molecular formula is C18H23N7O5. The molecular weight excluding hydrogens is 394 g/mol. The van der Waals surface area contributed by atoms with Gasteiger partial charge in [-0.25, -0.2) is 15.0 Å². The number of nitrogens with one attached hydrogen (secondary N) is 1. The van der Waals surface area contributed by atoms with Gasteiger partial charge in [-0.05, 0) is 13.8 Å². The number of nitrogens with two attached hydrogens (primary N) is 1. The van der Waals surface area contributed by atoms with Crippen molar-refractivity contribution < 1.29 is 24.3 Å². The van der Waals surface area contributed by atoms with Gasteiger partial charge in [0.25, 0.3) is 0 Å². The fourth-order valence-electron chi connectivity index (χ4n) is 3.61. The van der Waals surface area contributed by atoms with E-state index in [4.69, 9.17) is 15.0 Å². The van der Waals surface area contributed by atoms with E-state index in [1.807, 2.05) is 0 Å². The van der Waals surface area contributed by atoms with E-state index in [9.17, 15) is 15.0 Å². The first-order valence-electron chi connectivity index (χ1n) is 9.45. The predicted molar refractivity (Wildman–Crippen MR) is 103 cm³/mol. The Bertz CT molecular complexity index is 1050. The predicted octanol–water partition coefficient (Wildman–Crippen LogP) is -1.14. The van der Waals surface area contributed by atoms with E-state index in [0.717, 1.165) is 0 Å². The quantitative estimate of drug-likeness (QED) is 0.397. The molecule has 0 spiro atoms. The number of aromatic nitrogens is 5. The van der Waals surface area contributed by atoms with E-state index in [-0.39, 0.29) is 31.3 Å². The van der Waals surface area contributed by atoms with Crippen molar-refractivity contribution in [2.45, 2.75) is 51.2 Å². The van der Waals surface area contributed by atoms with Crippen molar-refractivity contribution in [3.63, 3.8) is 0 Å². The Balaban J connectivity index is 1.40. The fraction of sp³-hybridized carbons (Fsp3) is 0.500. The van der Waals surface area contributed by atoms with Gasteiger partial charge in [-0.3, -0.25) is 4.79 Å². The number of aliphatic hydroxyl groups is 2. The van der Waals surface area contributed by atoms with Crippen LogP contribution in [0, 0.1) is 13.8 Å². The molecule has 5 N–H and O–H groups in total. The smallest absolute Gasteiger partial charge is 0.225 e. The van der Waals surface area contributed by atoms with Crippen molar-refractivity contribution in [3.8, 4) is 0 Å². The molecule has 1 fully saturated rings. The Kier molecular flexibility index (Phi) is 5.37. The number of rotatable bonds is 5. The monoisotopic (exact) mass is 417 g/mol. The molecule has 1 aliphatic rings. The normalized spacial score (nSPS) is 24.3. The van der Waals surface area contributed by atoms with Crippen molar-refractivity contribution in [2.75, 3.05) is 12.3 Å². The molecule has 0 saturated carbocycles. The number of hydrogen-bond acceptors (Lipinski definition) is 10. The summed E-state index contributed by atoms with van der Waals surface area (Å²) in [5, 5.41) is 27.6. The van der Waals surface area contributed by atoms with Crippen LogP contribution in [0.3, 0.4) is 0 Å². The van der Waals surface area contributed by atoms with Crippen molar-refractivity contribution >= 4 is 22.9 Å². The van der Waals surface area contributed by atoms with Gasteiger partial charge in [0.05, 0.1) is 37.6 Å². The molecule has 0 bridgehead atoms. The zero-order chi connectivity index (χ0) is 21.4. The van der Waals surface area contributed by atoms with Gasteiger partial charge < -0.3 is 35.1 Å². The Morgan fingerprint density at radius 1 is 1.30 bits per heavy atom. The number of fused-ring (bicyclic) bond motifs is 1. The van der Waals surface area contributed by atoms with Crippen LogP contribution < -0.4 is 11.1 Å². The summed E-state index contributed by atoms with van der Waals surface area (Å²) in [6.45, 7) is 3.71. The van der Waals surface area contributed by atoms with Gasteiger partial charge in [-0.2, -0.15) is 0 Å². The van der Waals surface area contributed by atoms with E-state index in [0.29, 0.717) is 28.2 Å². The van der Waals surface area contributed by atoms with Crippen LogP contribution in [0.25, 0.3) is 11.2 Å². The fourth-order valence-corrected chi connectivity index (χ4v) is 3.61. The molecule has 0 aromatic carbocycles. The molecule has 160 valence electrons. The summed E-state index contributed by atoms with van der Waals surface area (Å²) in [6, 6.07) is -0.753. The summed E-state index contributed by atoms with van der Waals surface area (Å²) in [4.78, 5) is 24.5. The van der Waals surface area contributed by atoms with Crippen LogP contribution in [0.5, 0.6) is 0 Å². The van der Waals surface area contributed by atoms with E-state index < -0.39 is 24.4 Å². The number of anilines is 1. The number of carbonyl (C=O) groups excluding carboxylic acids is 1. The summed E-state index contributed by atoms with van der Waals surface area (Å²) in [6.07, 6.45) is -0.264. The molecule has 0 radical (unpaired) electrons. The minimum Gasteiger partial charge on any atom is -0.388 e. The lowest BCUT2D eigenvalue weighted by atomic mass is 9.97. The zero-order valence-corrected chi connectivity index (χ0v) is 16.5. The number of amides is 1. The molecule has 0 unspecified atom stereocenters. The topological polar surface area (TPSA) is 174 Å². The first-order valence-corrected chi connectivity index (χ1v) is 9.45. The Labute approximate surface area is 171 Å². The van der Waals surface area contributed by atoms with Gasteiger partial charge in [-0.15, -0.1) is 0 Å². The van der Waals surface area contributed by atoms with E-state index >= 15 is 0 Å². The van der Waals surface area contributed by atoms with E-state index in [1.165, 1.54) is 12.7 Å². The van der Waals surface area contributed by atoms with E-state index in [1.54, 1.807) is 18.4 Å². The Morgan fingerprint density at radius 2 is 2.10 bits per heavy atom. The highest BCUT2D eigenvalue weighted by Gasteiger charge is 2.39. The molecule has 12 heteroatoms. The van der Waals surface area contributed by atoms with Crippen molar-refractivity contribution in [2.24, 2.45) is 0 Å². The number of ether oxygens (including phenoxy) is 1. The Hall–Kier alpha value is -3.09. The second-order valence-corrected chi connectivity index (χ2v) is 7.33. The van der Waals surface area contributed by atoms with Crippen LogP contribution in [-0.4, -0.2) is 71.8 Å². The highest BCUT2D eigenvalue weighted by molar-refractivity contribution is 5.81. The third-order valence-corrected chi connectivity index (χ3v) is 5.31. The van der Waals surface area contributed by atoms with Crippen molar-refractivity contribution in [3.05, 3.63) is 29.7 Å². The molecule has 1 aliphatic heterocycles. The summed E-state index contributed by atoms with van der Waals surface area (Å²) in [7, 11) is 0. The van der Waals surface area contributed by atoms with Gasteiger partial charge >= 0.3 is 0 Å². The van der Waals surface area contributed by atoms with Gasteiger partial charge in [-0.1, -0.05) is 5.16 Å². The van der Waals surface area contributed by atoms with Crippen molar-refractivity contribution in [1.29, 1.82) is 0 Å². The molecule has 4 atom stereocenters. The number of carbonyl (C=O) groups is 1. The summed E-state index contributed by atoms with van der Waals surface area (Å²) < 4.78 is 12.5. The minimum atomic E-state index is -1.23. The van der Waals surface area contributed by atoms with Crippen LogP contribution in [0.1, 0.15) is 17.0 Å². The van der Waals surface area contributed by atoms with Crippen LogP contribution in [0.4, 0.5) is 5.82 Å². The third-order valence-electron chi connectivity index (χ3n) is 5.31. The number of imidazole rings is 1. The SMILES string of the molecule is Cc1noc(C)c1CC(=O)N[C@@H]1CO[C@H](Cn2cnc3ncnc(N)c32)[C@@H](O)[C@H]1O. The maximum atomic E-state index is 12.4. The maximum absolute atomic E-state index is 12.4. The molecule has 3 aromatic heterocycles. The van der Waals surface area contributed by atoms with Crippen LogP contribution in [0.15, 0.2) is 17.2 Å². The summed E-state index contributed by atoms with van der Waals surface area (Å²) in [5.74, 6) is 0.500. The van der Waals surface area contributed by atoms with Crippen LogP contribution in [0.2, 0.25) is 0 Å². The molecule has 12 nitrogen and oxygen atoms in total. The van der Waals surface area contributed by atoms with Crippen molar-refractivity contribution in [1.82, 2.24) is 30.0 Å². The number of aryl methyl sites for hydroxylation is 2. The number of hydrogen-bond donors (Lipinski definition) is 4. The standard InChI is InChI=1S/C18H23N7O5/c1-8-10(9(2)30-24-8)3-13(26)23-11-5-29-12(16(28)15(11)27)4-25-7-22-18-14(25)17(19)20-6-21-18/h6-7,11-12,15-16,27-28H,3-5H2,1-2H3,(H,23,26)(H2,19,20,21)/t11-,12-,15+,16-/m1/s1. The second-order valence-electron chi connectivity index (χ2n) is 7.33. The zero-order valence-electron chi connectivity index (χ0n) is 16.5. The van der Waals surface area contributed by atoms with Gasteiger partial charge in [0.15, 0.2) is 11.5 Å². The van der Waals surface area contributed by atoms with Crippen LogP contribution >= 0.6 is 0 Å². The lowest BCUT2D eigenvalue weighted by Gasteiger charge is -2.38. The Morgan fingerprint density at radius 3 is 2.83 bits per heavy atom. The number of aliphatic hydroxyl groups excluding tert-OH is 2. The maximum Gasteiger partial charge on any atom is 0.225 e. The molecule has 1 amide bonds. The largest absolute Gasteiger partial charge is 0.388 e. The summed E-state index contributed by atoms with van der Waals surface area (Å²) >= 11 is 0. The lowest BCUT2D eigenvalue weighted by Crippen LogP contribution is -2.60. The van der Waals surface area contributed by atoms with Gasteiger partial charge in [0.1, 0.15) is 35.9 Å². The van der Waals surface area contributed by atoms with Crippen LogP contribution in [-0.2, 0) is 22.5 Å². The molecule has 4 rings (SSSR count). The third kappa shape index (κ3) is 3.72. The second kappa shape index (κ2) is 7.97. The number of nitrogens with zero attached hydrogens (tertiary/aromatic N) is 5. The molecule has 1 saturated heterocycles. The molecule has 3 aromatic rings. The minimum absolute atomic E-state index is 0.0366. The van der Waals surface area contributed by atoms with Gasteiger partial charge in [0, 0.05) is 5.56 Å². The van der Waals surface area contributed by atoms with E-state index in [2.05, 4.69) is 25.4 Å². The highest BCUT2D eigenvalue weighted by atomic mass is 16.5. The molecule has 4 heterocycles. The van der Waals surface area contributed by atoms with Gasteiger partial charge in [0.2, 0.25) is 5.91 Å². The highest BCUT2D eigenvalue weighted by Crippen LogP contribution is 2.21. The first kappa shape index (κ1) is 20.2. The average Bonchev–Trinajstić information content (AvgIpc) is 3.27. The number of nitrogen functional groups attached to an aromatic ring is 1. The average molecular weight is 417 g/mol.